The first-order valence-electron chi connectivity index (χ1n) is 6.46. The second-order valence-electron chi connectivity index (χ2n) is 4.71. The molecule has 21 heavy (non-hydrogen) atoms. The third kappa shape index (κ3) is 4.03. The van der Waals surface area contributed by atoms with Crippen LogP contribution in [0.1, 0.15) is 17.2 Å². The number of hydrogen-bond acceptors (Lipinski definition) is 3. The monoisotopic (exact) mass is 325 g/mol. The van der Waals surface area contributed by atoms with Gasteiger partial charge in [-0.2, -0.15) is 0 Å². The summed E-state index contributed by atoms with van der Waals surface area (Å²) in [7, 11) is 3.23. The lowest BCUT2D eigenvalue weighted by Crippen LogP contribution is -2.13. The molecule has 2 aromatic carbocycles. The molecular formula is C16H17Cl2NO2. The number of hydrogen-bond donors (Lipinski definition) is 1. The normalized spacial score (nSPS) is 12.0. The Kier molecular flexibility index (Phi) is 5.34. The van der Waals surface area contributed by atoms with E-state index in [-0.39, 0.29) is 6.04 Å². The lowest BCUT2D eigenvalue weighted by Gasteiger charge is -2.15. The Morgan fingerprint density at radius 1 is 0.952 bits per heavy atom. The minimum Gasteiger partial charge on any atom is -0.497 e. The molecule has 2 aromatic rings. The maximum atomic E-state index is 6.28. The molecule has 0 saturated carbocycles. The van der Waals surface area contributed by atoms with Crippen molar-refractivity contribution in [1.82, 2.24) is 0 Å². The van der Waals surface area contributed by atoms with E-state index in [0.29, 0.717) is 28.0 Å². The van der Waals surface area contributed by atoms with E-state index in [1.165, 1.54) is 0 Å². The Bertz CT molecular complexity index is 609. The summed E-state index contributed by atoms with van der Waals surface area (Å²) in [5, 5.41) is 1.07. The van der Waals surface area contributed by atoms with Crippen molar-refractivity contribution in [3.8, 4) is 11.5 Å². The Balaban J connectivity index is 2.22. The van der Waals surface area contributed by atoms with Crippen LogP contribution < -0.4 is 15.2 Å². The Morgan fingerprint density at radius 3 is 2.10 bits per heavy atom. The van der Waals surface area contributed by atoms with Crippen molar-refractivity contribution >= 4 is 23.2 Å². The van der Waals surface area contributed by atoms with Gasteiger partial charge < -0.3 is 15.2 Å². The number of benzene rings is 2. The van der Waals surface area contributed by atoms with Gasteiger partial charge in [0, 0.05) is 12.1 Å². The van der Waals surface area contributed by atoms with Crippen molar-refractivity contribution in [3.63, 3.8) is 0 Å². The maximum Gasteiger partial charge on any atom is 0.122 e. The molecular weight excluding hydrogens is 309 g/mol. The Morgan fingerprint density at radius 2 is 1.57 bits per heavy atom. The van der Waals surface area contributed by atoms with Gasteiger partial charge in [-0.05, 0) is 41.8 Å². The van der Waals surface area contributed by atoms with E-state index in [0.717, 1.165) is 11.1 Å². The predicted octanol–water partition coefficient (Wildman–Crippen LogP) is 4.25. The first-order valence-corrected chi connectivity index (χ1v) is 7.21. The zero-order valence-electron chi connectivity index (χ0n) is 11.9. The topological polar surface area (TPSA) is 44.5 Å². The zero-order valence-corrected chi connectivity index (χ0v) is 13.4. The van der Waals surface area contributed by atoms with Crippen LogP contribution in [0.2, 0.25) is 10.0 Å². The molecule has 3 nitrogen and oxygen atoms in total. The summed E-state index contributed by atoms with van der Waals surface area (Å²) in [5.74, 6) is 1.43. The zero-order chi connectivity index (χ0) is 15.4. The van der Waals surface area contributed by atoms with Crippen LogP contribution in [0.3, 0.4) is 0 Å². The quantitative estimate of drug-likeness (QED) is 0.893. The van der Waals surface area contributed by atoms with E-state index in [9.17, 15) is 0 Å². The summed E-state index contributed by atoms with van der Waals surface area (Å²) < 4.78 is 10.5. The van der Waals surface area contributed by atoms with Gasteiger partial charge in [0.1, 0.15) is 11.5 Å². The third-order valence-corrected chi connectivity index (χ3v) is 3.98. The fourth-order valence-electron chi connectivity index (χ4n) is 2.08. The lowest BCUT2D eigenvalue weighted by molar-refractivity contribution is 0.392. The molecule has 0 radical (unpaired) electrons. The molecule has 0 spiro atoms. The van der Waals surface area contributed by atoms with Crippen LogP contribution in [0.5, 0.6) is 11.5 Å². The van der Waals surface area contributed by atoms with E-state index in [4.69, 9.17) is 38.4 Å². The van der Waals surface area contributed by atoms with Gasteiger partial charge in [0.15, 0.2) is 0 Å². The molecule has 0 saturated heterocycles. The number of rotatable bonds is 5. The van der Waals surface area contributed by atoms with Crippen molar-refractivity contribution in [2.24, 2.45) is 5.73 Å². The molecule has 5 heteroatoms. The Hall–Kier alpha value is -1.42. The fraction of sp³-hybridized carbons (Fsp3) is 0.250. The van der Waals surface area contributed by atoms with Crippen molar-refractivity contribution in [2.75, 3.05) is 14.2 Å². The minimum absolute atomic E-state index is 0.189. The smallest absolute Gasteiger partial charge is 0.122 e. The highest BCUT2D eigenvalue weighted by Gasteiger charge is 2.11. The summed E-state index contributed by atoms with van der Waals surface area (Å²) in [6.45, 7) is 0. The molecule has 0 bridgehead atoms. The summed E-state index contributed by atoms with van der Waals surface area (Å²) in [6.07, 6.45) is 0.646. The van der Waals surface area contributed by atoms with Crippen LogP contribution in [-0.4, -0.2) is 14.2 Å². The van der Waals surface area contributed by atoms with Gasteiger partial charge in [0.25, 0.3) is 0 Å². The van der Waals surface area contributed by atoms with Crippen molar-refractivity contribution in [2.45, 2.75) is 12.5 Å². The highest BCUT2D eigenvalue weighted by Crippen LogP contribution is 2.29. The number of halogens is 2. The van der Waals surface area contributed by atoms with E-state index in [2.05, 4.69) is 0 Å². The molecule has 0 aromatic heterocycles. The van der Waals surface area contributed by atoms with Crippen molar-refractivity contribution in [1.29, 1.82) is 0 Å². The second-order valence-corrected chi connectivity index (χ2v) is 5.52. The van der Waals surface area contributed by atoms with Gasteiger partial charge in [-0.1, -0.05) is 29.3 Å². The maximum absolute atomic E-state index is 6.28. The molecule has 2 rings (SSSR count). The standard InChI is InChI=1S/C16H17Cl2NO2/c1-20-12-7-11(8-13(9-12)21-2)16(19)6-10-3-4-14(17)15(18)5-10/h3-5,7-9,16H,6,19H2,1-2H3. The SMILES string of the molecule is COc1cc(OC)cc(C(N)Cc2ccc(Cl)c(Cl)c2)c1. The van der Waals surface area contributed by atoms with Crippen LogP contribution in [0.4, 0.5) is 0 Å². The van der Waals surface area contributed by atoms with E-state index in [1.54, 1.807) is 20.3 Å². The molecule has 0 fully saturated rings. The van der Waals surface area contributed by atoms with Gasteiger partial charge in [-0.15, -0.1) is 0 Å². The Labute approximate surface area is 134 Å². The average Bonchev–Trinajstić information content (AvgIpc) is 2.50. The highest BCUT2D eigenvalue weighted by molar-refractivity contribution is 6.42. The first-order chi connectivity index (χ1) is 10.0. The van der Waals surface area contributed by atoms with Gasteiger partial charge >= 0.3 is 0 Å². The van der Waals surface area contributed by atoms with Crippen molar-refractivity contribution < 1.29 is 9.47 Å². The van der Waals surface area contributed by atoms with Crippen LogP contribution in [0.25, 0.3) is 0 Å². The molecule has 0 heterocycles. The number of nitrogens with two attached hydrogens (primary N) is 1. The molecule has 1 unspecified atom stereocenters. The van der Waals surface area contributed by atoms with E-state index in [1.807, 2.05) is 30.3 Å². The lowest BCUT2D eigenvalue weighted by atomic mass is 9.99. The van der Waals surface area contributed by atoms with Gasteiger partial charge in [0.2, 0.25) is 0 Å². The number of methoxy groups -OCH3 is 2. The van der Waals surface area contributed by atoms with Gasteiger partial charge in [0.05, 0.1) is 24.3 Å². The average molecular weight is 326 g/mol. The minimum atomic E-state index is -0.189. The molecule has 2 N–H and O–H groups in total. The second kappa shape index (κ2) is 7.03. The fourth-order valence-corrected chi connectivity index (χ4v) is 2.40. The van der Waals surface area contributed by atoms with E-state index >= 15 is 0 Å². The van der Waals surface area contributed by atoms with Crippen LogP contribution in [0, 0.1) is 0 Å². The highest BCUT2D eigenvalue weighted by atomic mass is 35.5. The molecule has 0 aliphatic carbocycles. The van der Waals surface area contributed by atoms with Crippen LogP contribution >= 0.6 is 23.2 Å². The third-order valence-electron chi connectivity index (χ3n) is 3.24. The summed E-state index contributed by atoms with van der Waals surface area (Å²) in [5.41, 5.74) is 8.24. The van der Waals surface area contributed by atoms with Crippen molar-refractivity contribution in [3.05, 3.63) is 57.6 Å². The van der Waals surface area contributed by atoms with Gasteiger partial charge in [-0.3, -0.25) is 0 Å². The summed E-state index contributed by atoms with van der Waals surface area (Å²) in [4.78, 5) is 0. The molecule has 0 amide bonds. The molecule has 0 aliphatic rings. The predicted molar refractivity (Wildman–Crippen MR) is 86.6 cm³/mol. The number of ether oxygens (including phenoxy) is 2. The molecule has 112 valence electrons. The largest absolute Gasteiger partial charge is 0.497 e. The summed E-state index contributed by atoms with van der Waals surface area (Å²) in [6, 6.07) is 11.0. The molecule has 1 atom stereocenters. The van der Waals surface area contributed by atoms with E-state index < -0.39 is 0 Å². The van der Waals surface area contributed by atoms with Crippen LogP contribution in [-0.2, 0) is 6.42 Å². The van der Waals surface area contributed by atoms with Crippen LogP contribution in [0.15, 0.2) is 36.4 Å². The molecule has 0 aliphatic heterocycles. The first kappa shape index (κ1) is 16.0. The summed E-state index contributed by atoms with van der Waals surface area (Å²) >= 11 is 11.9. The van der Waals surface area contributed by atoms with Gasteiger partial charge in [-0.25, -0.2) is 0 Å².